The molecule has 3 aromatic rings. The van der Waals surface area contributed by atoms with Crippen LogP contribution in [0.15, 0.2) is 89.8 Å². The van der Waals surface area contributed by atoms with E-state index in [1.807, 2.05) is 18.2 Å². The number of aliphatic carboxylic acids is 1. The van der Waals surface area contributed by atoms with Crippen molar-refractivity contribution in [2.24, 2.45) is 0 Å². The number of ether oxygens (including phenoxy) is 1. The zero-order chi connectivity index (χ0) is 19.8. The highest BCUT2D eigenvalue weighted by molar-refractivity contribution is 14.1. The molecule has 142 valence electrons. The predicted octanol–water partition coefficient (Wildman–Crippen LogP) is 5.98. The molecule has 0 aromatic heterocycles. The Morgan fingerprint density at radius 2 is 1.57 bits per heavy atom. The highest BCUT2D eigenvalue weighted by Gasteiger charge is 2.05. The van der Waals surface area contributed by atoms with Gasteiger partial charge in [0.2, 0.25) is 0 Å². The zero-order valence-electron chi connectivity index (χ0n) is 15.0. The van der Waals surface area contributed by atoms with Crippen LogP contribution in [0.4, 0.5) is 0 Å². The number of benzene rings is 3. The molecule has 1 N–H and O–H groups in total. The SMILES string of the molecule is O=C(O)COc1ccc(SCC=C(c2ccccc2)c2ccc(I)cc2)cc1. The standard InChI is InChI=1S/C23H19IO3S/c24-19-8-6-18(7-9-19)22(17-4-2-1-3-5-17)14-15-28-21-12-10-20(11-13-21)27-16-23(25)26/h1-14H,15-16H2,(H,25,26). The highest BCUT2D eigenvalue weighted by atomic mass is 127. The highest BCUT2D eigenvalue weighted by Crippen LogP contribution is 2.27. The molecule has 3 rings (SSSR count). The maximum atomic E-state index is 10.6. The number of hydrogen-bond acceptors (Lipinski definition) is 3. The molecule has 0 fully saturated rings. The normalized spacial score (nSPS) is 11.2. The van der Waals surface area contributed by atoms with Crippen LogP contribution in [-0.4, -0.2) is 23.4 Å². The summed E-state index contributed by atoms with van der Waals surface area (Å²) in [6.07, 6.45) is 2.25. The van der Waals surface area contributed by atoms with E-state index in [0.717, 1.165) is 10.6 Å². The van der Waals surface area contributed by atoms with Crippen molar-refractivity contribution in [2.45, 2.75) is 4.90 Å². The number of hydrogen-bond donors (Lipinski definition) is 1. The first-order valence-electron chi connectivity index (χ1n) is 8.71. The van der Waals surface area contributed by atoms with Gasteiger partial charge in [-0.25, -0.2) is 4.79 Å². The minimum atomic E-state index is -0.979. The van der Waals surface area contributed by atoms with Crippen LogP contribution < -0.4 is 4.74 Å². The molecule has 0 atom stereocenters. The second-order valence-electron chi connectivity index (χ2n) is 5.96. The predicted molar refractivity (Wildman–Crippen MR) is 123 cm³/mol. The Morgan fingerprint density at radius 1 is 0.929 bits per heavy atom. The molecule has 0 aliphatic heterocycles. The second kappa shape index (κ2) is 10.3. The summed E-state index contributed by atoms with van der Waals surface area (Å²) in [4.78, 5) is 11.7. The first kappa shape index (κ1) is 20.5. The van der Waals surface area contributed by atoms with Crippen molar-refractivity contribution in [3.63, 3.8) is 0 Å². The number of thioether (sulfide) groups is 1. The van der Waals surface area contributed by atoms with Gasteiger partial charge in [-0.05, 0) is 75.7 Å². The molecule has 28 heavy (non-hydrogen) atoms. The fraction of sp³-hybridized carbons (Fsp3) is 0.0870. The summed E-state index contributed by atoms with van der Waals surface area (Å²) in [6, 6.07) is 26.4. The van der Waals surface area contributed by atoms with Crippen molar-refractivity contribution in [1.29, 1.82) is 0 Å². The van der Waals surface area contributed by atoms with Crippen LogP contribution in [0.25, 0.3) is 5.57 Å². The molecule has 5 heteroatoms. The van der Waals surface area contributed by atoms with Gasteiger partial charge in [-0.3, -0.25) is 0 Å². The third-order valence-electron chi connectivity index (χ3n) is 3.96. The number of carboxylic acids is 1. The van der Waals surface area contributed by atoms with Crippen molar-refractivity contribution in [3.8, 4) is 5.75 Å². The van der Waals surface area contributed by atoms with E-state index in [4.69, 9.17) is 9.84 Å². The van der Waals surface area contributed by atoms with Gasteiger partial charge in [-0.1, -0.05) is 48.5 Å². The molecule has 0 bridgehead atoms. The number of carboxylic acid groups (broad SMARTS) is 1. The Kier molecular flexibility index (Phi) is 7.56. The van der Waals surface area contributed by atoms with Crippen LogP contribution in [0, 0.1) is 3.57 Å². The first-order chi connectivity index (χ1) is 13.6. The van der Waals surface area contributed by atoms with E-state index in [9.17, 15) is 4.79 Å². The maximum Gasteiger partial charge on any atom is 0.341 e. The largest absolute Gasteiger partial charge is 0.482 e. The van der Waals surface area contributed by atoms with Gasteiger partial charge >= 0.3 is 5.97 Å². The minimum absolute atomic E-state index is 0.328. The molecule has 0 aliphatic carbocycles. The zero-order valence-corrected chi connectivity index (χ0v) is 18.0. The molecule has 0 heterocycles. The third kappa shape index (κ3) is 6.14. The third-order valence-corrected chi connectivity index (χ3v) is 5.62. The molecule has 3 nitrogen and oxygen atoms in total. The maximum absolute atomic E-state index is 10.6. The molecule has 0 spiro atoms. The summed E-state index contributed by atoms with van der Waals surface area (Å²) in [5.74, 6) is 0.407. The summed E-state index contributed by atoms with van der Waals surface area (Å²) in [5.41, 5.74) is 3.61. The van der Waals surface area contributed by atoms with Gasteiger partial charge in [0.25, 0.3) is 0 Å². The van der Waals surface area contributed by atoms with E-state index < -0.39 is 5.97 Å². The van der Waals surface area contributed by atoms with Crippen molar-refractivity contribution >= 4 is 45.9 Å². The van der Waals surface area contributed by atoms with Crippen LogP contribution in [0.5, 0.6) is 5.75 Å². The molecule has 0 amide bonds. The van der Waals surface area contributed by atoms with Gasteiger partial charge in [0, 0.05) is 14.2 Å². The average molecular weight is 502 g/mol. The summed E-state index contributed by atoms with van der Waals surface area (Å²) in [6.45, 7) is -0.328. The van der Waals surface area contributed by atoms with E-state index in [1.165, 1.54) is 20.3 Å². The quantitative estimate of drug-likeness (QED) is 0.304. The Hall–Kier alpha value is -2.25. The molecule has 0 saturated carbocycles. The van der Waals surface area contributed by atoms with Crippen molar-refractivity contribution in [3.05, 3.63) is 99.6 Å². The number of carbonyl (C=O) groups is 1. The first-order valence-corrected chi connectivity index (χ1v) is 10.8. The van der Waals surface area contributed by atoms with Crippen LogP contribution in [-0.2, 0) is 4.79 Å². The van der Waals surface area contributed by atoms with Crippen molar-refractivity contribution < 1.29 is 14.6 Å². The van der Waals surface area contributed by atoms with Gasteiger partial charge in [0.05, 0.1) is 0 Å². The van der Waals surface area contributed by atoms with Gasteiger partial charge in [-0.2, -0.15) is 0 Å². The Labute approximate surface area is 182 Å². The lowest BCUT2D eigenvalue weighted by Gasteiger charge is -2.09. The van der Waals surface area contributed by atoms with E-state index in [2.05, 4.69) is 77.2 Å². The Balaban J connectivity index is 1.71. The summed E-state index contributed by atoms with van der Waals surface area (Å²) >= 11 is 4.04. The van der Waals surface area contributed by atoms with Crippen LogP contribution in [0.2, 0.25) is 0 Å². The fourth-order valence-electron chi connectivity index (χ4n) is 2.65. The van der Waals surface area contributed by atoms with Gasteiger partial charge < -0.3 is 9.84 Å². The lowest BCUT2D eigenvalue weighted by molar-refractivity contribution is -0.139. The monoisotopic (exact) mass is 502 g/mol. The van der Waals surface area contributed by atoms with Crippen LogP contribution in [0.1, 0.15) is 11.1 Å². The molecular formula is C23H19IO3S. The number of halogens is 1. The second-order valence-corrected chi connectivity index (χ2v) is 8.29. The topological polar surface area (TPSA) is 46.5 Å². The molecule has 0 saturated heterocycles. The summed E-state index contributed by atoms with van der Waals surface area (Å²) in [7, 11) is 0. The van der Waals surface area contributed by atoms with E-state index in [1.54, 1.807) is 23.9 Å². The molecule has 0 unspecified atom stereocenters. The lowest BCUT2D eigenvalue weighted by Crippen LogP contribution is -2.09. The summed E-state index contributed by atoms with van der Waals surface area (Å²) < 4.78 is 6.39. The van der Waals surface area contributed by atoms with Crippen molar-refractivity contribution in [1.82, 2.24) is 0 Å². The molecule has 0 aliphatic rings. The minimum Gasteiger partial charge on any atom is -0.482 e. The van der Waals surface area contributed by atoms with E-state index >= 15 is 0 Å². The van der Waals surface area contributed by atoms with Crippen LogP contribution >= 0.6 is 34.4 Å². The fourth-order valence-corrected chi connectivity index (χ4v) is 3.78. The summed E-state index contributed by atoms with van der Waals surface area (Å²) in [5, 5.41) is 8.66. The molecular weight excluding hydrogens is 483 g/mol. The Bertz CT molecular complexity index is 936. The average Bonchev–Trinajstić information content (AvgIpc) is 2.72. The van der Waals surface area contributed by atoms with E-state index in [-0.39, 0.29) is 6.61 Å². The van der Waals surface area contributed by atoms with Gasteiger partial charge in [0.15, 0.2) is 6.61 Å². The van der Waals surface area contributed by atoms with Crippen LogP contribution in [0.3, 0.4) is 0 Å². The van der Waals surface area contributed by atoms with E-state index in [0.29, 0.717) is 5.75 Å². The molecule has 0 radical (unpaired) electrons. The lowest BCUT2D eigenvalue weighted by atomic mass is 9.98. The molecule has 3 aromatic carbocycles. The Morgan fingerprint density at radius 3 is 2.21 bits per heavy atom. The number of rotatable bonds is 8. The smallest absolute Gasteiger partial charge is 0.341 e. The van der Waals surface area contributed by atoms with Gasteiger partial charge in [-0.15, -0.1) is 11.8 Å². The van der Waals surface area contributed by atoms with Gasteiger partial charge in [0.1, 0.15) is 5.75 Å². The van der Waals surface area contributed by atoms with Crippen molar-refractivity contribution in [2.75, 3.05) is 12.4 Å².